The summed E-state index contributed by atoms with van der Waals surface area (Å²) in [4.78, 5) is 0. The molecule has 2 rings (SSSR count). The summed E-state index contributed by atoms with van der Waals surface area (Å²) in [6, 6.07) is 6.15. The second-order valence-electron chi connectivity index (χ2n) is 2.95. The first-order chi connectivity index (χ1) is 6.36. The summed E-state index contributed by atoms with van der Waals surface area (Å²) in [6.07, 6.45) is 1.11. The summed E-state index contributed by atoms with van der Waals surface area (Å²) >= 11 is 0. The molecule has 0 aliphatic carbocycles. The zero-order valence-electron chi connectivity index (χ0n) is 8.43. The van der Waals surface area contributed by atoms with Crippen molar-refractivity contribution in [2.75, 3.05) is 12.3 Å². The van der Waals surface area contributed by atoms with Gasteiger partial charge in [-0.1, -0.05) is 19.9 Å². The highest BCUT2D eigenvalue weighted by Gasteiger charge is 2.06. The zero-order chi connectivity index (χ0) is 9.68. The van der Waals surface area contributed by atoms with Gasteiger partial charge in [-0.15, -0.1) is 0 Å². The zero-order valence-corrected chi connectivity index (χ0v) is 8.43. The van der Waals surface area contributed by atoms with Gasteiger partial charge < -0.3 is 11.1 Å². The van der Waals surface area contributed by atoms with Gasteiger partial charge in [-0.3, -0.25) is 0 Å². The Balaban J connectivity index is 0.000000396. The van der Waals surface area contributed by atoms with E-state index < -0.39 is 0 Å². The summed E-state index contributed by atoms with van der Waals surface area (Å²) in [5, 5.41) is 3.32. The van der Waals surface area contributed by atoms with Gasteiger partial charge >= 0.3 is 0 Å². The molecule has 1 heterocycles. The highest BCUT2D eigenvalue weighted by Crippen LogP contribution is 2.16. The third kappa shape index (κ3) is 2.46. The minimum atomic E-state index is 0.880. The number of rotatable bonds is 0. The van der Waals surface area contributed by atoms with Crippen LogP contribution in [0.15, 0.2) is 18.2 Å². The van der Waals surface area contributed by atoms with E-state index in [1.165, 1.54) is 11.1 Å². The molecular weight excluding hydrogens is 160 g/mol. The first-order valence-electron chi connectivity index (χ1n) is 4.94. The lowest BCUT2D eigenvalue weighted by Crippen LogP contribution is -2.23. The van der Waals surface area contributed by atoms with Gasteiger partial charge in [0.1, 0.15) is 0 Å². The number of nitrogens with one attached hydrogen (secondary N) is 1. The maximum absolute atomic E-state index is 5.66. The van der Waals surface area contributed by atoms with E-state index in [4.69, 9.17) is 5.73 Å². The quantitative estimate of drug-likeness (QED) is 0.596. The van der Waals surface area contributed by atoms with Gasteiger partial charge in [-0.25, -0.2) is 0 Å². The highest BCUT2D eigenvalue weighted by molar-refractivity contribution is 5.45. The largest absolute Gasteiger partial charge is 0.399 e. The van der Waals surface area contributed by atoms with Crippen LogP contribution >= 0.6 is 0 Å². The normalized spacial score (nSPS) is 14.0. The van der Waals surface area contributed by atoms with E-state index in [1.807, 2.05) is 19.9 Å². The molecular formula is C11H18N2. The Morgan fingerprint density at radius 3 is 2.77 bits per heavy atom. The Morgan fingerprint density at radius 2 is 2.00 bits per heavy atom. The molecule has 2 nitrogen and oxygen atoms in total. The minimum absolute atomic E-state index is 0.880. The van der Waals surface area contributed by atoms with Crippen LogP contribution in [0.2, 0.25) is 0 Å². The molecule has 1 aromatic rings. The van der Waals surface area contributed by atoms with Crippen LogP contribution in [0, 0.1) is 0 Å². The van der Waals surface area contributed by atoms with Crippen molar-refractivity contribution >= 4 is 5.69 Å². The smallest absolute Gasteiger partial charge is 0.0316 e. The van der Waals surface area contributed by atoms with Gasteiger partial charge in [0.25, 0.3) is 0 Å². The Morgan fingerprint density at radius 1 is 1.23 bits per heavy atom. The molecule has 0 saturated carbocycles. The third-order valence-corrected chi connectivity index (χ3v) is 2.12. The minimum Gasteiger partial charge on any atom is -0.399 e. The van der Waals surface area contributed by atoms with E-state index in [0.717, 1.165) is 25.2 Å². The van der Waals surface area contributed by atoms with Gasteiger partial charge in [0, 0.05) is 12.2 Å². The standard InChI is InChI=1S/C9H12N2.C2H6/c10-9-2-1-8-6-11-4-3-7(8)5-9;1-2/h1-2,5,11H,3-4,6,10H2;1-2H3. The lowest BCUT2D eigenvalue weighted by molar-refractivity contribution is 0.644. The average molecular weight is 178 g/mol. The monoisotopic (exact) mass is 178 g/mol. The molecule has 0 bridgehead atoms. The predicted octanol–water partition coefficient (Wildman–Crippen LogP) is 1.94. The fourth-order valence-corrected chi connectivity index (χ4v) is 1.50. The van der Waals surface area contributed by atoms with Crippen LogP contribution in [0.25, 0.3) is 0 Å². The summed E-state index contributed by atoms with van der Waals surface area (Å²) in [5.41, 5.74) is 9.34. The highest BCUT2D eigenvalue weighted by atomic mass is 14.9. The number of fused-ring (bicyclic) bond motifs is 1. The second kappa shape index (κ2) is 4.87. The molecule has 13 heavy (non-hydrogen) atoms. The maximum Gasteiger partial charge on any atom is 0.0316 e. The van der Waals surface area contributed by atoms with E-state index in [9.17, 15) is 0 Å². The lowest BCUT2D eigenvalue weighted by Gasteiger charge is -2.16. The number of anilines is 1. The first-order valence-corrected chi connectivity index (χ1v) is 4.94. The van der Waals surface area contributed by atoms with Crippen LogP contribution in [0.3, 0.4) is 0 Å². The SMILES string of the molecule is CC.Nc1ccc2c(c1)CCNC2. The molecule has 0 aromatic heterocycles. The Labute approximate surface area is 80.1 Å². The number of nitrogens with two attached hydrogens (primary N) is 1. The van der Waals surface area contributed by atoms with Crippen molar-refractivity contribution in [3.63, 3.8) is 0 Å². The fourth-order valence-electron chi connectivity index (χ4n) is 1.50. The number of nitrogen functional groups attached to an aromatic ring is 1. The van der Waals surface area contributed by atoms with E-state index in [0.29, 0.717) is 0 Å². The van der Waals surface area contributed by atoms with Crippen LogP contribution in [0.4, 0.5) is 5.69 Å². The van der Waals surface area contributed by atoms with Crippen molar-refractivity contribution < 1.29 is 0 Å². The van der Waals surface area contributed by atoms with Crippen LogP contribution in [0.5, 0.6) is 0 Å². The maximum atomic E-state index is 5.66. The Hall–Kier alpha value is -1.02. The molecule has 3 N–H and O–H groups in total. The van der Waals surface area contributed by atoms with Gasteiger partial charge in [0.05, 0.1) is 0 Å². The molecule has 72 valence electrons. The van der Waals surface area contributed by atoms with Gasteiger partial charge in [0.15, 0.2) is 0 Å². The molecule has 0 fully saturated rings. The van der Waals surface area contributed by atoms with Crippen LogP contribution in [-0.4, -0.2) is 6.54 Å². The molecule has 1 aliphatic rings. The molecule has 0 spiro atoms. The van der Waals surface area contributed by atoms with Crippen molar-refractivity contribution in [3.05, 3.63) is 29.3 Å². The Bertz CT molecular complexity index is 269. The van der Waals surface area contributed by atoms with E-state index in [1.54, 1.807) is 0 Å². The predicted molar refractivity (Wildman–Crippen MR) is 57.6 cm³/mol. The van der Waals surface area contributed by atoms with Crippen molar-refractivity contribution in [2.45, 2.75) is 26.8 Å². The van der Waals surface area contributed by atoms with Crippen LogP contribution in [0.1, 0.15) is 25.0 Å². The van der Waals surface area contributed by atoms with Gasteiger partial charge in [0.2, 0.25) is 0 Å². The lowest BCUT2D eigenvalue weighted by atomic mass is 10.0. The van der Waals surface area contributed by atoms with E-state index in [2.05, 4.69) is 17.4 Å². The summed E-state index contributed by atoms with van der Waals surface area (Å²) in [5.74, 6) is 0. The van der Waals surface area contributed by atoms with E-state index in [-0.39, 0.29) is 0 Å². The molecule has 0 saturated heterocycles. The molecule has 0 amide bonds. The molecule has 2 heteroatoms. The number of hydrogen-bond donors (Lipinski definition) is 2. The van der Waals surface area contributed by atoms with Crippen LogP contribution < -0.4 is 11.1 Å². The summed E-state index contributed by atoms with van der Waals surface area (Å²) < 4.78 is 0. The fraction of sp³-hybridized carbons (Fsp3) is 0.455. The number of benzene rings is 1. The van der Waals surface area contributed by atoms with Gasteiger partial charge in [-0.05, 0) is 36.2 Å². The molecule has 0 atom stereocenters. The van der Waals surface area contributed by atoms with Crippen molar-refractivity contribution in [2.24, 2.45) is 0 Å². The number of hydrogen-bond acceptors (Lipinski definition) is 2. The van der Waals surface area contributed by atoms with Crippen molar-refractivity contribution in [1.82, 2.24) is 5.32 Å². The molecule has 0 unspecified atom stereocenters. The van der Waals surface area contributed by atoms with Crippen LogP contribution in [-0.2, 0) is 13.0 Å². The topological polar surface area (TPSA) is 38.0 Å². The summed E-state index contributed by atoms with van der Waals surface area (Å²) in [6.45, 7) is 6.08. The van der Waals surface area contributed by atoms with Crippen molar-refractivity contribution in [1.29, 1.82) is 0 Å². The Kier molecular flexibility index (Phi) is 3.77. The second-order valence-corrected chi connectivity index (χ2v) is 2.95. The molecule has 1 aromatic carbocycles. The van der Waals surface area contributed by atoms with Gasteiger partial charge in [-0.2, -0.15) is 0 Å². The third-order valence-electron chi connectivity index (χ3n) is 2.12. The summed E-state index contributed by atoms with van der Waals surface area (Å²) in [7, 11) is 0. The average Bonchev–Trinajstić information content (AvgIpc) is 2.21. The molecule has 0 radical (unpaired) electrons. The van der Waals surface area contributed by atoms with E-state index >= 15 is 0 Å². The molecule has 1 aliphatic heterocycles. The first kappa shape index (κ1) is 10.1. The van der Waals surface area contributed by atoms with Crippen molar-refractivity contribution in [3.8, 4) is 0 Å².